The minimum absolute atomic E-state index is 0.394. The summed E-state index contributed by atoms with van der Waals surface area (Å²) in [6.07, 6.45) is 1.09. The number of benzene rings is 2. The van der Waals surface area contributed by atoms with E-state index in [4.69, 9.17) is 0 Å². The van der Waals surface area contributed by atoms with Crippen molar-refractivity contribution in [1.29, 1.82) is 0 Å². The van der Waals surface area contributed by atoms with Crippen LogP contribution in [0.2, 0.25) is 0 Å². The quantitative estimate of drug-likeness (QED) is 0.318. The Hall–Kier alpha value is -5.42. The van der Waals surface area contributed by atoms with Crippen molar-refractivity contribution in [2.45, 2.75) is 0 Å². The van der Waals surface area contributed by atoms with Gasteiger partial charge in [0, 0.05) is 0 Å². The summed E-state index contributed by atoms with van der Waals surface area (Å²) in [6, 6.07) is 1.58. The van der Waals surface area contributed by atoms with Crippen LogP contribution in [0.4, 0.5) is 34.1 Å². The van der Waals surface area contributed by atoms with E-state index < -0.39 is 74.8 Å². The van der Waals surface area contributed by atoms with Crippen molar-refractivity contribution >= 4 is 46.3 Å². The first-order valence-electron chi connectivity index (χ1n) is 7.75. The highest BCUT2D eigenvalue weighted by atomic mass is 16.6. The summed E-state index contributed by atoms with van der Waals surface area (Å²) in [5.74, 6) is 0. The topological polar surface area (TPSA) is 259 Å². The van der Waals surface area contributed by atoms with E-state index in [2.05, 4.69) is 0 Å². The first-order valence-corrected chi connectivity index (χ1v) is 7.75. The maximum Gasteiger partial charge on any atom is 0.290 e. The maximum atomic E-state index is 11.3. The molecule has 0 fully saturated rings. The van der Waals surface area contributed by atoms with Gasteiger partial charge in [0.25, 0.3) is 34.1 Å². The van der Waals surface area contributed by atoms with Crippen LogP contribution in [0, 0.1) is 60.7 Å². The molecule has 2 aromatic carbocycles. The van der Waals surface area contributed by atoms with Crippen molar-refractivity contribution in [3.05, 3.63) is 96.1 Å². The summed E-state index contributed by atoms with van der Waals surface area (Å²) in [7, 11) is 0. The van der Waals surface area contributed by atoms with Crippen LogP contribution >= 0.6 is 0 Å². The fourth-order valence-corrected chi connectivity index (χ4v) is 2.54. The smallest absolute Gasteiger partial charge is 0.258 e. The predicted molar refractivity (Wildman–Crippen MR) is 102 cm³/mol. The molecular formula is C14H6N6O12. The van der Waals surface area contributed by atoms with E-state index in [1.165, 1.54) is 0 Å². The average molecular weight is 450 g/mol. The van der Waals surface area contributed by atoms with Gasteiger partial charge in [-0.3, -0.25) is 60.7 Å². The van der Waals surface area contributed by atoms with E-state index in [-0.39, 0.29) is 0 Å². The summed E-state index contributed by atoms with van der Waals surface area (Å²) in [6.45, 7) is 0. The summed E-state index contributed by atoms with van der Waals surface area (Å²) in [5.41, 5.74) is -8.21. The first kappa shape index (κ1) is 22.9. The molecule has 0 bridgehead atoms. The highest BCUT2D eigenvalue weighted by Crippen LogP contribution is 2.38. The van der Waals surface area contributed by atoms with Gasteiger partial charge in [0.2, 0.25) is 0 Å². The zero-order valence-corrected chi connectivity index (χ0v) is 15.0. The molecule has 0 saturated heterocycles. The Labute approximate surface area is 172 Å². The second kappa shape index (κ2) is 8.52. The van der Waals surface area contributed by atoms with Crippen molar-refractivity contribution in [1.82, 2.24) is 0 Å². The standard InChI is InChI=1S/C14H6N6O12/c21-15(22)7-3-11(17(25)26)9(12(4-7)18(27)28)1-2-10-13(19(29)30)5-8(16(23)24)6-14(10)20(31)32/h1-6H/b2-1+. The lowest BCUT2D eigenvalue weighted by Gasteiger charge is -2.02. The average Bonchev–Trinajstić information content (AvgIpc) is 2.70. The molecule has 0 unspecified atom stereocenters. The summed E-state index contributed by atoms with van der Waals surface area (Å²) in [4.78, 5) is 59.9. The molecule has 0 radical (unpaired) electrons. The lowest BCUT2D eigenvalue weighted by Crippen LogP contribution is -2.01. The second-order valence-corrected chi connectivity index (χ2v) is 5.67. The Bertz CT molecular complexity index is 1090. The van der Waals surface area contributed by atoms with Gasteiger partial charge >= 0.3 is 0 Å². The van der Waals surface area contributed by atoms with E-state index in [9.17, 15) is 60.7 Å². The molecule has 18 nitrogen and oxygen atoms in total. The van der Waals surface area contributed by atoms with E-state index in [0.717, 1.165) is 0 Å². The monoisotopic (exact) mass is 450 g/mol. The van der Waals surface area contributed by atoms with Crippen molar-refractivity contribution in [2.24, 2.45) is 0 Å². The second-order valence-electron chi connectivity index (χ2n) is 5.67. The zero-order valence-electron chi connectivity index (χ0n) is 15.0. The van der Waals surface area contributed by atoms with Gasteiger partial charge in [0.05, 0.1) is 53.8 Å². The minimum atomic E-state index is -1.20. The van der Waals surface area contributed by atoms with Crippen LogP contribution in [-0.2, 0) is 0 Å². The van der Waals surface area contributed by atoms with Gasteiger partial charge in [0.15, 0.2) is 0 Å². The Kier molecular flexibility index (Phi) is 6.09. The van der Waals surface area contributed by atoms with Gasteiger partial charge in [-0.05, 0) is 12.2 Å². The lowest BCUT2D eigenvalue weighted by molar-refractivity contribution is -0.403. The third-order valence-electron chi connectivity index (χ3n) is 3.87. The van der Waals surface area contributed by atoms with Crippen LogP contribution in [0.15, 0.2) is 24.3 Å². The number of nitro benzene ring substituents is 6. The number of non-ortho nitro benzene ring substituents is 2. The molecule has 0 aliphatic heterocycles. The number of rotatable bonds is 8. The molecule has 2 aromatic rings. The van der Waals surface area contributed by atoms with Crippen molar-refractivity contribution in [2.75, 3.05) is 0 Å². The van der Waals surface area contributed by atoms with Gasteiger partial charge in [-0.15, -0.1) is 0 Å². The van der Waals surface area contributed by atoms with Crippen LogP contribution in [-0.4, -0.2) is 29.5 Å². The molecule has 0 amide bonds. The van der Waals surface area contributed by atoms with Gasteiger partial charge in [-0.25, -0.2) is 0 Å². The van der Waals surface area contributed by atoms with Gasteiger partial charge in [0.1, 0.15) is 11.1 Å². The Morgan fingerprint density at radius 1 is 0.438 bits per heavy atom. The maximum absolute atomic E-state index is 11.3. The fraction of sp³-hybridized carbons (Fsp3) is 0. The van der Waals surface area contributed by atoms with Crippen LogP contribution in [0.1, 0.15) is 11.1 Å². The van der Waals surface area contributed by atoms with Gasteiger partial charge in [-0.2, -0.15) is 0 Å². The molecular weight excluding hydrogens is 444 g/mol. The van der Waals surface area contributed by atoms with Crippen LogP contribution < -0.4 is 0 Å². The molecule has 18 heteroatoms. The van der Waals surface area contributed by atoms with E-state index in [1.807, 2.05) is 0 Å². The third kappa shape index (κ3) is 4.42. The molecule has 164 valence electrons. The Morgan fingerprint density at radius 2 is 0.656 bits per heavy atom. The van der Waals surface area contributed by atoms with Crippen molar-refractivity contribution < 1.29 is 29.5 Å². The van der Waals surface area contributed by atoms with Crippen molar-refractivity contribution in [3.8, 4) is 0 Å². The normalized spacial score (nSPS) is 10.6. The Morgan fingerprint density at radius 3 is 0.812 bits per heavy atom. The molecule has 0 N–H and O–H groups in total. The third-order valence-corrected chi connectivity index (χ3v) is 3.87. The van der Waals surface area contributed by atoms with Crippen LogP contribution in [0.5, 0.6) is 0 Å². The van der Waals surface area contributed by atoms with Crippen molar-refractivity contribution in [3.63, 3.8) is 0 Å². The number of nitrogens with zero attached hydrogens (tertiary/aromatic N) is 6. The fourth-order valence-electron chi connectivity index (χ4n) is 2.54. The summed E-state index contributed by atoms with van der Waals surface area (Å²) >= 11 is 0. The lowest BCUT2D eigenvalue weighted by atomic mass is 10.0. The van der Waals surface area contributed by atoms with E-state index in [0.29, 0.717) is 36.4 Å². The molecule has 0 spiro atoms. The highest BCUT2D eigenvalue weighted by Gasteiger charge is 2.31. The van der Waals surface area contributed by atoms with Crippen LogP contribution in [0.3, 0.4) is 0 Å². The van der Waals surface area contributed by atoms with Gasteiger partial charge < -0.3 is 0 Å². The molecule has 0 aliphatic carbocycles. The van der Waals surface area contributed by atoms with Crippen LogP contribution in [0.25, 0.3) is 12.2 Å². The van der Waals surface area contributed by atoms with E-state index in [1.54, 1.807) is 0 Å². The highest BCUT2D eigenvalue weighted by molar-refractivity contribution is 5.86. The molecule has 0 atom stereocenters. The molecule has 0 heterocycles. The summed E-state index contributed by atoms with van der Waals surface area (Å²) < 4.78 is 0. The molecule has 0 saturated carbocycles. The van der Waals surface area contributed by atoms with E-state index >= 15 is 0 Å². The summed E-state index contributed by atoms with van der Waals surface area (Å²) in [5, 5.41) is 67.0. The largest absolute Gasteiger partial charge is 0.290 e. The van der Waals surface area contributed by atoms with Gasteiger partial charge in [-0.1, -0.05) is 0 Å². The number of hydrogen-bond donors (Lipinski definition) is 0. The number of nitro groups is 6. The molecule has 0 aliphatic rings. The molecule has 32 heavy (non-hydrogen) atoms. The Balaban J connectivity index is 2.88. The minimum Gasteiger partial charge on any atom is -0.258 e. The predicted octanol–water partition coefficient (Wildman–Crippen LogP) is 3.31. The first-order chi connectivity index (χ1) is 14.8. The molecule has 0 aromatic heterocycles. The number of hydrogen-bond acceptors (Lipinski definition) is 12. The SMILES string of the molecule is O=[N+]([O-])c1cc([N+](=O)[O-])c(/C=C/c2c([N+](=O)[O-])cc([N+](=O)[O-])cc2[N+](=O)[O-])c([N+](=O)[O-])c1. The molecule has 2 rings (SSSR count). The zero-order chi connectivity index (χ0) is 24.3.